The van der Waals surface area contributed by atoms with Gasteiger partial charge < -0.3 is 14.4 Å². The van der Waals surface area contributed by atoms with Crippen molar-refractivity contribution in [2.75, 3.05) is 66.1 Å². The maximum atomic E-state index is 14.0. The first kappa shape index (κ1) is 31.4. The third kappa shape index (κ3) is 8.33. The molecule has 1 aromatic heterocycles. The summed E-state index contributed by atoms with van der Waals surface area (Å²) in [4.78, 5) is 24.4. The van der Waals surface area contributed by atoms with Crippen LogP contribution in [0.3, 0.4) is 0 Å². The number of rotatable bonds is 9. The van der Waals surface area contributed by atoms with Crippen LogP contribution >= 0.6 is 11.6 Å². The number of hydrogen-bond donors (Lipinski definition) is 0. The van der Waals surface area contributed by atoms with Crippen molar-refractivity contribution < 1.29 is 27.4 Å². The third-order valence-electron chi connectivity index (χ3n) is 8.04. The molecule has 0 saturated carbocycles. The molecule has 2 saturated heterocycles. The SMILES string of the molecule is COC[C@@H]1CN(CCN2CCN(C(=O)c3cc(-c4ccncc4)cc(C(F)(F)F)c3)[C@H](Cc3ccc(Cl)cc3)C2)CCO1. The summed E-state index contributed by atoms with van der Waals surface area (Å²) < 4.78 is 52.9. The summed E-state index contributed by atoms with van der Waals surface area (Å²) in [5, 5.41) is 0.617. The number of carbonyl (C=O) groups is 1. The molecule has 1 amide bonds. The number of hydrogen-bond acceptors (Lipinski definition) is 6. The Morgan fingerprint density at radius 2 is 1.70 bits per heavy atom. The highest BCUT2D eigenvalue weighted by Gasteiger charge is 2.35. The van der Waals surface area contributed by atoms with Gasteiger partial charge in [-0.05, 0) is 65.6 Å². The maximum Gasteiger partial charge on any atom is 0.416 e. The molecule has 7 nitrogen and oxygen atoms in total. The Hall–Kier alpha value is -3.02. The van der Waals surface area contributed by atoms with Crippen molar-refractivity contribution in [2.45, 2.75) is 24.7 Å². The van der Waals surface area contributed by atoms with Gasteiger partial charge >= 0.3 is 6.18 Å². The van der Waals surface area contributed by atoms with Crippen LogP contribution in [0, 0.1) is 0 Å². The van der Waals surface area contributed by atoms with Gasteiger partial charge in [-0.15, -0.1) is 0 Å². The molecule has 0 aliphatic carbocycles. The van der Waals surface area contributed by atoms with E-state index in [4.69, 9.17) is 21.1 Å². The Morgan fingerprint density at radius 1 is 0.977 bits per heavy atom. The van der Waals surface area contributed by atoms with Gasteiger partial charge in [0.1, 0.15) is 0 Å². The van der Waals surface area contributed by atoms with Gasteiger partial charge in [0.05, 0.1) is 24.9 Å². The van der Waals surface area contributed by atoms with Crippen molar-refractivity contribution >= 4 is 17.5 Å². The molecular formula is C32H36ClF3N4O3. The number of carbonyl (C=O) groups excluding carboxylic acids is 1. The molecule has 11 heteroatoms. The first-order chi connectivity index (χ1) is 20.7. The van der Waals surface area contributed by atoms with E-state index < -0.39 is 17.6 Å². The van der Waals surface area contributed by atoms with Crippen molar-refractivity contribution in [3.8, 4) is 11.1 Å². The van der Waals surface area contributed by atoms with Gasteiger partial charge in [-0.25, -0.2) is 0 Å². The van der Waals surface area contributed by atoms with Gasteiger partial charge in [-0.1, -0.05) is 23.7 Å². The molecule has 2 aliphatic heterocycles. The molecule has 0 radical (unpaired) electrons. The lowest BCUT2D eigenvalue weighted by Gasteiger charge is -2.43. The number of benzene rings is 2. The second kappa shape index (κ2) is 14.2. The molecule has 0 spiro atoms. The number of morpholine rings is 1. The summed E-state index contributed by atoms with van der Waals surface area (Å²) in [7, 11) is 1.67. The summed E-state index contributed by atoms with van der Waals surface area (Å²) in [5.74, 6) is -0.407. The fourth-order valence-corrected chi connectivity index (χ4v) is 5.93. The highest BCUT2D eigenvalue weighted by Crippen LogP contribution is 2.34. The fraction of sp³-hybridized carbons (Fsp3) is 0.438. The van der Waals surface area contributed by atoms with E-state index in [0.717, 1.165) is 43.9 Å². The largest absolute Gasteiger partial charge is 0.416 e. The highest BCUT2D eigenvalue weighted by atomic mass is 35.5. The number of nitrogens with zero attached hydrogens (tertiary/aromatic N) is 4. The minimum atomic E-state index is -4.60. The number of piperazine rings is 1. The van der Waals surface area contributed by atoms with Gasteiger partial charge in [0.25, 0.3) is 5.91 Å². The van der Waals surface area contributed by atoms with E-state index in [1.165, 1.54) is 12.4 Å². The molecule has 3 aromatic rings. The number of aromatic nitrogens is 1. The van der Waals surface area contributed by atoms with E-state index in [2.05, 4.69) is 14.8 Å². The van der Waals surface area contributed by atoms with E-state index in [-0.39, 0.29) is 17.7 Å². The molecule has 0 N–H and O–H groups in total. The smallest absolute Gasteiger partial charge is 0.382 e. The predicted octanol–water partition coefficient (Wildman–Crippen LogP) is 5.14. The normalized spacial score (nSPS) is 20.3. The van der Waals surface area contributed by atoms with E-state index in [1.54, 1.807) is 30.2 Å². The number of methoxy groups -OCH3 is 1. The van der Waals surface area contributed by atoms with E-state index in [1.807, 2.05) is 24.3 Å². The molecule has 230 valence electrons. The Bertz CT molecular complexity index is 1360. The second-order valence-electron chi connectivity index (χ2n) is 11.1. The van der Waals surface area contributed by atoms with Crippen LogP contribution in [0.4, 0.5) is 13.2 Å². The van der Waals surface area contributed by atoms with Crippen LogP contribution in [0.2, 0.25) is 5.02 Å². The first-order valence-electron chi connectivity index (χ1n) is 14.4. The van der Waals surface area contributed by atoms with Gasteiger partial charge in [-0.2, -0.15) is 13.2 Å². The first-order valence-corrected chi connectivity index (χ1v) is 14.8. The zero-order chi connectivity index (χ0) is 30.4. The zero-order valence-corrected chi connectivity index (χ0v) is 24.9. The van der Waals surface area contributed by atoms with Gasteiger partial charge in [0, 0.05) is 81.9 Å². The predicted molar refractivity (Wildman–Crippen MR) is 159 cm³/mol. The Labute approximate surface area is 255 Å². The van der Waals surface area contributed by atoms with E-state index >= 15 is 0 Å². The number of ether oxygens (including phenoxy) is 2. The summed E-state index contributed by atoms with van der Waals surface area (Å²) in [6, 6.07) is 14.1. The minimum Gasteiger partial charge on any atom is -0.382 e. The minimum absolute atomic E-state index is 0.0219. The van der Waals surface area contributed by atoms with Crippen molar-refractivity contribution in [2.24, 2.45) is 0 Å². The van der Waals surface area contributed by atoms with Crippen LogP contribution in [-0.4, -0.2) is 104 Å². The molecule has 5 rings (SSSR count). The quantitative estimate of drug-likeness (QED) is 0.332. The van der Waals surface area contributed by atoms with Crippen molar-refractivity contribution in [1.82, 2.24) is 19.7 Å². The highest BCUT2D eigenvalue weighted by molar-refractivity contribution is 6.30. The molecule has 2 aliphatic rings. The molecule has 3 heterocycles. The summed E-state index contributed by atoms with van der Waals surface area (Å²) in [6.45, 7) is 6.18. The molecule has 43 heavy (non-hydrogen) atoms. The van der Waals surface area contributed by atoms with Crippen LogP contribution in [0.5, 0.6) is 0 Å². The topological polar surface area (TPSA) is 58.1 Å². The summed E-state index contributed by atoms with van der Waals surface area (Å²) >= 11 is 6.11. The summed E-state index contributed by atoms with van der Waals surface area (Å²) in [5.41, 5.74) is 1.06. The standard InChI is InChI=1S/C32H36ClF3N4O3/c1-42-22-30-21-39(14-15-43-30)11-10-38-12-13-40(29(20-38)16-23-2-4-28(33)5-3-23)31(41)26-17-25(24-6-8-37-9-7-24)18-27(19-26)32(34,35)36/h2-9,17-19,29-30H,10-16,20-22H2,1H3/t29-,30+/m1/s1. The Kier molecular flexibility index (Phi) is 10.4. The van der Waals surface area contributed by atoms with E-state index in [9.17, 15) is 18.0 Å². The molecule has 2 atom stereocenters. The van der Waals surface area contributed by atoms with Crippen molar-refractivity contribution in [3.63, 3.8) is 0 Å². The van der Waals surface area contributed by atoms with Crippen molar-refractivity contribution in [1.29, 1.82) is 0 Å². The average molecular weight is 617 g/mol. The van der Waals surface area contributed by atoms with Crippen LogP contribution < -0.4 is 0 Å². The monoisotopic (exact) mass is 616 g/mol. The van der Waals surface area contributed by atoms with E-state index in [0.29, 0.717) is 55.4 Å². The number of amides is 1. The van der Waals surface area contributed by atoms with Gasteiger partial charge in [-0.3, -0.25) is 19.6 Å². The van der Waals surface area contributed by atoms with Crippen LogP contribution in [-0.2, 0) is 22.1 Å². The lowest BCUT2D eigenvalue weighted by Crippen LogP contribution is -2.57. The van der Waals surface area contributed by atoms with Crippen molar-refractivity contribution in [3.05, 3.63) is 88.7 Å². The Balaban J connectivity index is 1.36. The van der Waals surface area contributed by atoms with Crippen LogP contribution in [0.1, 0.15) is 21.5 Å². The van der Waals surface area contributed by atoms with Gasteiger partial charge in [0.2, 0.25) is 0 Å². The maximum absolute atomic E-state index is 14.0. The molecular weight excluding hydrogens is 581 g/mol. The number of alkyl halides is 3. The molecule has 2 fully saturated rings. The molecule has 0 bridgehead atoms. The lowest BCUT2D eigenvalue weighted by atomic mass is 9.97. The number of halogens is 4. The lowest BCUT2D eigenvalue weighted by molar-refractivity contribution is -0.137. The summed E-state index contributed by atoms with van der Waals surface area (Å²) in [6.07, 6.45) is -0.944. The fourth-order valence-electron chi connectivity index (χ4n) is 5.80. The third-order valence-corrected chi connectivity index (χ3v) is 8.29. The van der Waals surface area contributed by atoms with Crippen LogP contribution in [0.15, 0.2) is 67.0 Å². The Morgan fingerprint density at radius 3 is 2.40 bits per heavy atom. The average Bonchev–Trinajstić information content (AvgIpc) is 3.01. The molecule has 2 aromatic carbocycles. The molecule has 0 unspecified atom stereocenters. The number of pyridine rings is 1. The van der Waals surface area contributed by atoms with Gasteiger partial charge in [0.15, 0.2) is 0 Å². The zero-order valence-electron chi connectivity index (χ0n) is 24.1. The second-order valence-corrected chi connectivity index (χ2v) is 11.5. The van der Waals surface area contributed by atoms with Crippen LogP contribution in [0.25, 0.3) is 11.1 Å².